The van der Waals surface area contributed by atoms with E-state index in [9.17, 15) is 4.79 Å². The first-order chi connectivity index (χ1) is 9.19. The van der Waals surface area contributed by atoms with E-state index in [-0.39, 0.29) is 12.5 Å². The van der Waals surface area contributed by atoms with Crippen LogP contribution in [0, 0.1) is 0 Å². The van der Waals surface area contributed by atoms with Crippen molar-refractivity contribution < 1.29 is 19.0 Å². The van der Waals surface area contributed by atoms with Crippen LogP contribution in [0.1, 0.15) is 10.5 Å². The number of benzene rings is 1. The van der Waals surface area contributed by atoms with Crippen LogP contribution in [0.25, 0.3) is 11.4 Å². The van der Waals surface area contributed by atoms with Crippen molar-refractivity contribution in [1.82, 2.24) is 9.97 Å². The minimum Gasteiger partial charge on any atom is -0.464 e. The normalized spacial score (nSPS) is 12.5. The van der Waals surface area contributed by atoms with Gasteiger partial charge < -0.3 is 19.2 Å². The van der Waals surface area contributed by atoms with E-state index in [4.69, 9.17) is 21.1 Å². The largest absolute Gasteiger partial charge is 0.464 e. The molecule has 6 nitrogen and oxygen atoms in total. The van der Waals surface area contributed by atoms with Crippen LogP contribution in [0.3, 0.4) is 0 Å². The number of carbonyl (C=O) groups is 1. The van der Waals surface area contributed by atoms with Gasteiger partial charge in [-0.15, -0.1) is 0 Å². The predicted octanol–water partition coefficient (Wildman–Crippen LogP) is 2.25. The zero-order chi connectivity index (χ0) is 13.4. The number of imidazole rings is 1. The van der Waals surface area contributed by atoms with Gasteiger partial charge in [0.1, 0.15) is 11.5 Å². The van der Waals surface area contributed by atoms with Crippen LogP contribution in [0.15, 0.2) is 18.3 Å². The molecule has 0 saturated carbocycles. The molecule has 1 aliphatic rings. The number of carbonyl (C=O) groups excluding carboxylic acids is 1. The quantitative estimate of drug-likeness (QED) is 0.854. The third-order valence-electron chi connectivity index (χ3n) is 2.68. The van der Waals surface area contributed by atoms with E-state index in [1.165, 1.54) is 13.3 Å². The van der Waals surface area contributed by atoms with Gasteiger partial charge in [0.15, 0.2) is 11.5 Å². The highest BCUT2D eigenvalue weighted by Gasteiger charge is 2.20. The molecule has 7 heteroatoms. The Kier molecular flexibility index (Phi) is 2.79. The molecule has 98 valence electrons. The number of aromatic amines is 1. The highest BCUT2D eigenvalue weighted by molar-refractivity contribution is 6.32. The summed E-state index contributed by atoms with van der Waals surface area (Å²) in [5.41, 5.74) is 0.968. The molecule has 1 aromatic heterocycles. The van der Waals surface area contributed by atoms with Crippen molar-refractivity contribution in [3.05, 3.63) is 29.0 Å². The monoisotopic (exact) mass is 280 g/mol. The van der Waals surface area contributed by atoms with E-state index in [0.29, 0.717) is 27.9 Å². The standard InChI is InChI=1S/C12H9ClN2O4/c1-17-12(16)8-4-14-11(15-8)6-2-7(13)10-9(3-6)18-5-19-10/h2-4H,5H2,1H3,(H,14,15). The smallest absolute Gasteiger partial charge is 0.356 e. The Labute approximate surface area is 113 Å². The average molecular weight is 281 g/mol. The molecule has 0 amide bonds. The van der Waals surface area contributed by atoms with E-state index in [1.807, 2.05) is 0 Å². The molecule has 3 rings (SSSR count). The van der Waals surface area contributed by atoms with Crippen LogP contribution in [-0.4, -0.2) is 29.8 Å². The summed E-state index contributed by atoms with van der Waals surface area (Å²) in [4.78, 5) is 18.3. The molecule has 0 bridgehead atoms. The summed E-state index contributed by atoms with van der Waals surface area (Å²) in [7, 11) is 1.31. The van der Waals surface area contributed by atoms with Crippen molar-refractivity contribution in [2.45, 2.75) is 0 Å². The van der Waals surface area contributed by atoms with Crippen molar-refractivity contribution >= 4 is 17.6 Å². The molecule has 0 saturated heterocycles. The third-order valence-corrected chi connectivity index (χ3v) is 2.96. The maximum Gasteiger partial charge on any atom is 0.356 e. The maximum atomic E-state index is 11.3. The summed E-state index contributed by atoms with van der Waals surface area (Å²) in [6, 6.07) is 3.43. The number of aromatic nitrogens is 2. The van der Waals surface area contributed by atoms with Crippen LogP contribution >= 0.6 is 11.6 Å². The summed E-state index contributed by atoms with van der Waals surface area (Å²) in [5, 5.41) is 0.431. The lowest BCUT2D eigenvalue weighted by atomic mass is 10.2. The highest BCUT2D eigenvalue weighted by atomic mass is 35.5. The van der Waals surface area contributed by atoms with Gasteiger partial charge in [-0.05, 0) is 12.1 Å². The Morgan fingerprint density at radius 3 is 3.11 bits per heavy atom. The summed E-state index contributed by atoms with van der Waals surface area (Å²) < 4.78 is 15.1. The topological polar surface area (TPSA) is 73.4 Å². The minimum atomic E-state index is -0.481. The van der Waals surface area contributed by atoms with Crippen LogP contribution in [0.5, 0.6) is 11.5 Å². The molecule has 1 aliphatic heterocycles. The van der Waals surface area contributed by atoms with Crippen LogP contribution in [0.4, 0.5) is 0 Å². The van der Waals surface area contributed by atoms with Gasteiger partial charge in [-0.2, -0.15) is 0 Å². The third kappa shape index (κ3) is 2.00. The van der Waals surface area contributed by atoms with Crippen LogP contribution < -0.4 is 9.47 Å². The SMILES string of the molecule is COC(=O)c1cnc(-c2cc(Cl)c3c(c2)OCO3)[nH]1. The number of H-pyrrole nitrogens is 1. The lowest BCUT2D eigenvalue weighted by Crippen LogP contribution is -2.00. The Bertz CT molecular complexity index is 653. The van der Waals surface area contributed by atoms with E-state index in [1.54, 1.807) is 12.1 Å². The molecule has 2 heterocycles. The fourth-order valence-electron chi connectivity index (χ4n) is 1.79. The Morgan fingerprint density at radius 2 is 2.32 bits per heavy atom. The number of hydrogen-bond acceptors (Lipinski definition) is 5. The summed E-state index contributed by atoms with van der Waals surface area (Å²) in [5.74, 6) is 1.09. The Hall–Kier alpha value is -2.21. The number of fused-ring (bicyclic) bond motifs is 1. The number of rotatable bonds is 2. The van der Waals surface area contributed by atoms with Crippen LogP contribution in [0.2, 0.25) is 5.02 Å². The van der Waals surface area contributed by atoms with Crippen molar-refractivity contribution in [2.24, 2.45) is 0 Å². The van der Waals surface area contributed by atoms with E-state index < -0.39 is 5.97 Å². The first-order valence-electron chi connectivity index (χ1n) is 5.42. The van der Waals surface area contributed by atoms with Gasteiger partial charge in [0.2, 0.25) is 6.79 Å². The Morgan fingerprint density at radius 1 is 1.47 bits per heavy atom. The fourth-order valence-corrected chi connectivity index (χ4v) is 2.05. The number of nitrogens with zero attached hydrogens (tertiary/aromatic N) is 1. The number of methoxy groups -OCH3 is 1. The zero-order valence-corrected chi connectivity index (χ0v) is 10.7. The fraction of sp³-hybridized carbons (Fsp3) is 0.167. The first-order valence-corrected chi connectivity index (χ1v) is 5.79. The zero-order valence-electron chi connectivity index (χ0n) is 9.90. The van der Waals surface area contributed by atoms with Gasteiger partial charge in [0.05, 0.1) is 18.3 Å². The highest BCUT2D eigenvalue weighted by Crippen LogP contribution is 2.41. The summed E-state index contributed by atoms with van der Waals surface area (Å²) in [6.07, 6.45) is 1.40. The molecule has 0 radical (unpaired) electrons. The lowest BCUT2D eigenvalue weighted by Gasteiger charge is -2.02. The van der Waals surface area contributed by atoms with Crippen LogP contribution in [-0.2, 0) is 4.74 Å². The molecule has 19 heavy (non-hydrogen) atoms. The van der Waals surface area contributed by atoms with Gasteiger partial charge in [-0.1, -0.05) is 11.6 Å². The summed E-state index contributed by atoms with van der Waals surface area (Å²) in [6.45, 7) is 0.143. The first kappa shape index (κ1) is 11.9. The van der Waals surface area contributed by atoms with E-state index in [0.717, 1.165) is 0 Å². The second-order valence-corrected chi connectivity index (χ2v) is 4.24. The van der Waals surface area contributed by atoms with Crippen molar-refractivity contribution in [3.8, 4) is 22.9 Å². The number of ether oxygens (including phenoxy) is 3. The molecule has 1 N–H and O–H groups in total. The van der Waals surface area contributed by atoms with Gasteiger partial charge in [-0.25, -0.2) is 9.78 Å². The van der Waals surface area contributed by atoms with Gasteiger partial charge in [0, 0.05) is 5.56 Å². The van der Waals surface area contributed by atoms with E-state index >= 15 is 0 Å². The predicted molar refractivity (Wildman–Crippen MR) is 66.5 cm³/mol. The molecular weight excluding hydrogens is 272 g/mol. The van der Waals surface area contributed by atoms with Gasteiger partial charge >= 0.3 is 5.97 Å². The molecule has 0 spiro atoms. The molecule has 0 unspecified atom stereocenters. The number of hydrogen-bond donors (Lipinski definition) is 1. The lowest BCUT2D eigenvalue weighted by molar-refractivity contribution is 0.0595. The minimum absolute atomic E-state index is 0.143. The molecule has 0 aliphatic carbocycles. The van der Waals surface area contributed by atoms with Gasteiger partial charge in [-0.3, -0.25) is 0 Å². The van der Waals surface area contributed by atoms with Crippen molar-refractivity contribution in [1.29, 1.82) is 0 Å². The molecule has 0 atom stereocenters. The van der Waals surface area contributed by atoms with E-state index in [2.05, 4.69) is 14.7 Å². The molecule has 1 aromatic carbocycles. The number of esters is 1. The van der Waals surface area contributed by atoms with Crippen molar-refractivity contribution in [2.75, 3.05) is 13.9 Å². The maximum absolute atomic E-state index is 11.3. The Balaban J connectivity index is 2.01. The van der Waals surface area contributed by atoms with Gasteiger partial charge in [0.25, 0.3) is 0 Å². The second-order valence-electron chi connectivity index (χ2n) is 3.83. The average Bonchev–Trinajstić information content (AvgIpc) is 3.06. The molecule has 2 aromatic rings. The number of halogens is 1. The van der Waals surface area contributed by atoms with Crippen molar-refractivity contribution in [3.63, 3.8) is 0 Å². The number of nitrogens with one attached hydrogen (secondary N) is 1. The second kappa shape index (κ2) is 4.47. The molecular formula is C12H9ClN2O4. The molecule has 0 fully saturated rings. The summed E-state index contributed by atoms with van der Waals surface area (Å²) >= 11 is 6.08.